The summed E-state index contributed by atoms with van der Waals surface area (Å²) in [7, 11) is 0. The van der Waals surface area contributed by atoms with E-state index in [9.17, 15) is 0 Å². The highest BCUT2D eigenvalue weighted by Gasteiger charge is 2.37. The van der Waals surface area contributed by atoms with Gasteiger partial charge in [0.25, 0.3) is 0 Å². The second-order valence-electron chi connectivity index (χ2n) is 26.8. The highest BCUT2D eigenvalue weighted by atomic mass is 15.1. The predicted molar refractivity (Wildman–Crippen MR) is 402 cm³/mol. The van der Waals surface area contributed by atoms with Crippen LogP contribution in [0.1, 0.15) is 49.9 Å². The van der Waals surface area contributed by atoms with E-state index < -0.39 is 0 Å². The van der Waals surface area contributed by atoms with E-state index in [1.807, 2.05) is 0 Å². The number of fused-ring (bicyclic) bond motifs is 11. The number of rotatable bonds is 11. The maximum Gasteiger partial charge on any atom is 0.0541 e. The van der Waals surface area contributed by atoms with Gasteiger partial charge >= 0.3 is 0 Å². The molecule has 450 valence electrons. The van der Waals surface area contributed by atoms with Crippen LogP contribution >= 0.6 is 0 Å². The summed E-state index contributed by atoms with van der Waals surface area (Å²) >= 11 is 0. The Kier molecular flexibility index (Phi) is 12.9. The number of hydrogen-bond acceptors (Lipinski definition) is 2. The molecule has 95 heavy (non-hydrogen) atoms. The van der Waals surface area contributed by atoms with Crippen LogP contribution in [0.15, 0.2) is 334 Å². The van der Waals surface area contributed by atoms with Crippen LogP contribution in [-0.4, -0.2) is 4.57 Å². The van der Waals surface area contributed by atoms with Crippen LogP contribution in [0.5, 0.6) is 0 Å². The third-order valence-electron chi connectivity index (χ3n) is 20.8. The molecule has 15 aromatic carbocycles. The quantitative estimate of drug-likeness (QED) is 0.120. The summed E-state index contributed by atoms with van der Waals surface area (Å²) in [5.74, 6) is 0. The fraction of sp³-hybridized carbons (Fsp3) is 0.0652. The second-order valence-corrected chi connectivity index (χ2v) is 26.8. The first-order valence-electron chi connectivity index (χ1n) is 33.2. The number of aromatic nitrogens is 1. The molecule has 2 aliphatic carbocycles. The normalized spacial score (nSPS) is 13.2. The molecule has 18 rings (SSSR count). The molecule has 0 saturated heterocycles. The first-order valence-corrected chi connectivity index (χ1v) is 33.2. The van der Waals surface area contributed by atoms with Gasteiger partial charge in [-0.05, 0) is 220 Å². The van der Waals surface area contributed by atoms with E-state index in [-0.39, 0.29) is 10.8 Å². The van der Waals surface area contributed by atoms with E-state index in [1.165, 1.54) is 99.1 Å². The van der Waals surface area contributed by atoms with Gasteiger partial charge in [0.2, 0.25) is 0 Å². The number of anilines is 6. The van der Waals surface area contributed by atoms with Crippen molar-refractivity contribution in [1.29, 1.82) is 0 Å². The van der Waals surface area contributed by atoms with Gasteiger partial charge in [0.05, 0.1) is 11.0 Å². The van der Waals surface area contributed by atoms with Gasteiger partial charge in [-0.3, -0.25) is 0 Å². The Morgan fingerprint density at radius 1 is 0.221 bits per heavy atom. The standard InChI is InChI=1S/C92H67N3/c1-91(2)83-34-20-18-28-73(83)75-52-50-71(58-85(75)91)93(66-24-10-6-11-25-66)68-44-36-60(37-45-68)64-42-54-87-81(56-64)82-57-65(61-38-46-69(47-39-61)94(67-26-12-7-13-27-67)72-51-53-76-74-29-19-21-35-84(74)92(3,4)86(76)59-72)43-55-88(82)95(87)70-48-40-63(41-49-70)90-79-32-16-14-30-77(79)89(62-22-8-5-9-23-62)78-31-15-17-33-80(78)90/h5-59H,1-4H3. The Balaban J connectivity index is 0.749. The molecular weight excluding hydrogens is 1150 g/mol. The molecule has 0 unspecified atom stereocenters. The highest BCUT2D eigenvalue weighted by molar-refractivity contribution is 6.21. The Labute approximate surface area is 555 Å². The number of hydrogen-bond donors (Lipinski definition) is 0. The van der Waals surface area contributed by atoms with E-state index in [4.69, 9.17) is 0 Å². The van der Waals surface area contributed by atoms with Crippen molar-refractivity contribution in [2.45, 2.75) is 38.5 Å². The minimum atomic E-state index is -0.120. The first-order chi connectivity index (χ1) is 46.6. The Bertz CT molecular complexity index is 5380. The molecule has 3 nitrogen and oxygen atoms in total. The van der Waals surface area contributed by atoms with Gasteiger partial charge in [0, 0.05) is 61.4 Å². The molecule has 16 aromatic rings. The fourth-order valence-corrected chi connectivity index (χ4v) is 16.1. The van der Waals surface area contributed by atoms with Crippen LogP contribution in [0.25, 0.3) is 116 Å². The minimum Gasteiger partial charge on any atom is -0.310 e. The van der Waals surface area contributed by atoms with Crippen molar-refractivity contribution >= 4 is 77.5 Å². The van der Waals surface area contributed by atoms with Crippen LogP contribution in [0, 0.1) is 0 Å². The van der Waals surface area contributed by atoms with Crippen molar-refractivity contribution in [1.82, 2.24) is 4.57 Å². The van der Waals surface area contributed by atoms with Gasteiger partial charge in [0.1, 0.15) is 0 Å². The molecule has 0 fully saturated rings. The maximum absolute atomic E-state index is 2.46. The topological polar surface area (TPSA) is 11.4 Å². The molecule has 0 saturated carbocycles. The monoisotopic (exact) mass is 1210 g/mol. The number of para-hydroxylation sites is 2. The zero-order chi connectivity index (χ0) is 63.5. The molecule has 1 heterocycles. The summed E-state index contributed by atoms with van der Waals surface area (Å²) in [6, 6.07) is 124. The van der Waals surface area contributed by atoms with Gasteiger partial charge in [-0.2, -0.15) is 0 Å². The highest BCUT2D eigenvalue weighted by Crippen LogP contribution is 2.53. The average Bonchev–Trinajstić information content (AvgIpc) is 1.56. The third kappa shape index (κ3) is 9.02. The minimum absolute atomic E-state index is 0.120. The molecule has 0 radical (unpaired) electrons. The lowest BCUT2D eigenvalue weighted by atomic mass is 9.82. The zero-order valence-corrected chi connectivity index (χ0v) is 53.6. The van der Waals surface area contributed by atoms with E-state index in [2.05, 4.69) is 376 Å². The summed E-state index contributed by atoms with van der Waals surface area (Å²) in [6.07, 6.45) is 0. The largest absolute Gasteiger partial charge is 0.310 e. The van der Waals surface area contributed by atoms with E-state index >= 15 is 0 Å². The third-order valence-corrected chi connectivity index (χ3v) is 20.8. The van der Waals surface area contributed by atoms with Gasteiger partial charge < -0.3 is 14.4 Å². The lowest BCUT2D eigenvalue weighted by Gasteiger charge is -2.28. The molecule has 3 heteroatoms. The fourth-order valence-electron chi connectivity index (χ4n) is 16.1. The predicted octanol–water partition coefficient (Wildman–Crippen LogP) is 25.3. The molecule has 0 bridgehead atoms. The maximum atomic E-state index is 2.46. The van der Waals surface area contributed by atoms with Gasteiger partial charge in [-0.1, -0.05) is 252 Å². The van der Waals surface area contributed by atoms with Crippen molar-refractivity contribution in [3.63, 3.8) is 0 Å². The Morgan fingerprint density at radius 3 is 0.958 bits per heavy atom. The second kappa shape index (κ2) is 21.9. The number of nitrogens with zero attached hydrogens (tertiary/aromatic N) is 3. The van der Waals surface area contributed by atoms with Crippen LogP contribution in [0.3, 0.4) is 0 Å². The summed E-state index contributed by atoms with van der Waals surface area (Å²) in [4.78, 5) is 4.80. The van der Waals surface area contributed by atoms with Crippen molar-refractivity contribution in [3.05, 3.63) is 356 Å². The van der Waals surface area contributed by atoms with Gasteiger partial charge in [0.15, 0.2) is 0 Å². The average molecular weight is 1210 g/mol. The van der Waals surface area contributed by atoms with Crippen molar-refractivity contribution in [2.24, 2.45) is 0 Å². The first kappa shape index (κ1) is 56.0. The Hall–Kier alpha value is -11.8. The van der Waals surface area contributed by atoms with E-state index in [0.29, 0.717) is 0 Å². The smallest absolute Gasteiger partial charge is 0.0541 e. The van der Waals surface area contributed by atoms with Crippen LogP contribution in [-0.2, 0) is 10.8 Å². The van der Waals surface area contributed by atoms with Gasteiger partial charge in [-0.15, -0.1) is 0 Å². The van der Waals surface area contributed by atoms with Gasteiger partial charge in [-0.25, -0.2) is 0 Å². The molecule has 0 aliphatic heterocycles. The SMILES string of the molecule is CC1(C)c2ccccc2-c2ccc(N(c3ccccc3)c3ccc(-c4ccc5c(c4)c4cc(-c6ccc(N(c7ccccc7)c7ccc8c(c7)C(C)(C)c7ccccc7-8)cc6)ccc4n5-c4ccc(-c5c6ccccc6c(-c6ccccc6)c6ccccc56)cc4)cc3)cc21. The lowest BCUT2D eigenvalue weighted by molar-refractivity contribution is 0.660. The Morgan fingerprint density at radius 2 is 0.537 bits per heavy atom. The summed E-state index contributed by atoms with van der Waals surface area (Å²) in [5.41, 5.74) is 30.2. The van der Waals surface area contributed by atoms with Crippen molar-refractivity contribution in [2.75, 3.05) is 9.80 Å². The summed E-state index contributed by atoms with van der Waals surface area (Å²) in [5, 5.41) is 7.38. The molecule has 0 spiro atoms. The molecule has 1 aromatic heterocycles. The van der Waals surface area contributed by atoms with Crippen LogP contribution in [0.2, 0.25) is 0 Å². The van der Waals surface area contributed by atoms with E-state index in [0.717, 1.165) is 73.1 Å². The van der Waals surface area contributed by atoms with E-state index in [1.54, 1.807) is 0 Å². The molecule has 0 atom stereocenters. The summed E-state index contributed by atoms with van der Waals surface area (Å²) in [6.45, 7) is 9.43. The van der Waals surface area contributed by atoms with Crippen molar-refractivity contribution < 1.29 is 0 Å². The molecular formula is C92H67N3. The molecule has 0 N–H and O–H groups in total. The lowest BCUT2D eigenvalue weighted by Crippen LogP contribution is -2.16. The van der Waals surface area contributed by atoms with Crippen LogP contribution in [0.4, 0.5) is 34.1 Å². The molecule has 2 aliphatic rings. The zero-order valence-electron chi connectivity index (χ0n) is 53.6. The number of benzene rings is 15. The van der Waals surface area contributed by atoms with Crippen LogP contribution < -0.4 is 9.80 Å². The summed E-state index contributed by atoms with van der Waals surface area (Å²) < 4.78 is 2.46. The molecule has 0 amide bonds. The van der Waals surface area contributed by atoms with Crippen molar-refractivity contribution in [3.8, 4) is 72.4 Å².